The third-order valence-electron chi connectivity index (χ3n) is 3.31. The Morgan fingerprint density at radius 2 is 2.42 bits per heavy atom. The Bertz CT molecular complexity index is 467. The minimum atomic E-state index is -0.418. The van der Waals surface area contributed by atoms with Gasteiger partial charge in [0.2, 0.25) is 0 Å². The fourth-order valence-electron chi connectivity index (χ4n) is 2.20. The van der Waals surface area contributed by atoms with Crippen molar-refractivity contribution >= 4 is 27.6 Å². The molecule has 104 valence electrons. The molecule has 0 aliphatic carbocycles. The van der Waals surface area contributed by atoms with Gasteiger partial charge in [-0.3, -0.25) is 0 Å². The van der Waals surface area contributed by atoms with E-state index in [4.69, 9.17) is 0 Å². The maximum Gasteiger partial charge on any atom is 0.356 e. The first kappa shape index (κ1) is 14.3. The largest absolute Gasteiger partial charge is 0.464 e. The third kappa shape index (κ3) is 3.25. The molecule has 1 aromatic heterocycles. The summed E-state index contributed by atoms with van der Waals surface area (Å²) in [5.41, 5.74) is 1.34. The Kier molecular flexibility index (Phi) is 4.76. The fraction of sp³-hybridized carbons (Fsp3) is 0.538. The monoisotopic (exact) mass is 327 g/mol. The van der Waals surface area contributed by atoms with E-state index in [1.807, 2.05) is 6.07 Å². The van der Waals surface area contributed by atoms with Crippen molar-refractivity contribution < 1.29 is 9.53 Å². The summed E-state index contributed by atoms with van der Waals surface area (Å²) < 4.78 is 5.35. The van der Waals surface area contributed by atoms with E-state index < -0.39 is 5.97 Å². The number of esters is 1. The van der Waals surface area contributed by atoms with Crippen LogP contribution in [0.25, 0.3) is 0 Å². The fourth-order valence-corrected chi connectivity index (χ4v) is 2.77. The van der Waals surface area contributed by atoms with E-state index in [9.17, 15) is 4.79 Å². The lowest BCUT2D eigenvalue weighted by Crippen LogP contribution is -2.50. The highest BCUT2D eigenvalue weighted by Crippen LogP contribution is 2.26. The lowest BCUT2D eigenvalue weighted by atomic mass is 10.1. The highest BCUT2D eigenvalue weighted by Gasteiger charge is 2.21. The van der Waals surface area contributed by atoms with Crippen LogP contribution in [-0.2, 0) is 4.74 Å². The Hall–Kier alpha value is -1.14. The predicted molar refractivity (Wildman–Crippen MR) is 77.6 cm³/mol. The Labute approximate surface area is 121 Å². The number of piperazine rings is 1. The molecule has 5 nitrogen and oxygen atoms in total. The second-order valence-electron chi connectivity index (χ2n) is 4.50. The number of hydrogen-bond acceptors (Lipinski definition) is 5. The lowest BCUT2D eigenvalue weighted by molar-refractivity contribution is 0.0594. The van der Waals surface area contributed by atoms with Crippen molar-refractivity contribution in [1.82, 2.24) is 10.3 Å². The van der Waals surface area contributed by atoms with Crippen LogP contribution in [0.3, 0.4) is 0 Å². The maximum atomic E-state index is 11.4. The van der Waals surface area contributed by atoms with Crippen LogP contribution in [0.2, 0.25) is 0 Å². The van der Waals surface area contributed by atoms with Crippen molar-refractivity contribution in [3.63, 3.8) is 0 Å². The zero-order chi connectivity index (χ0) is 13.8. The van der Waals surface area contributed by atoms with Crippen molar-refractivity contribution in [3.05, 3.63) is 22.4 Å². The first-order valence-electron chi connectivity index (χ1n) is 6.39. The summed E-state index contributed by atoms with van der Waals surface area (Å²) in [5.74, 6) is -0.418. The van der Waals surface area contributed by atoms with E-state index in [-0.39, 0.29) is 0 Å². The molecule has 1 aliphatic rings. The Morgan fingerprint density at radius 1 is 1.63 bits per heavy atom. The predicted octanol–water partition coefficient (Wildman–Crippen LogP) is 1.82. The van der Waals surface area contributed by atoms with Gasteiger partial charge >= 0.3 is 5.97 Å². The molecule has 2 heterocycles. The SMILES string of the molecule is CCC1CN(c2ccc(C(=O)OC)nc2Br)CCN1. The second kappa shape index (κ2) is 6.34. The van der Waals surface area contributed by atoms with Crippen LogP contribution in [0, 0.1) is 0 Å². The van der Waals surface area contributed by atoms with Gasteiger partial charge in [0.25, 0.3) is 0 Å². The molecule has 1 aliphatic heterocycles. The average Bonchev–Trinajstić information content (AvgIpc) is 2.46. The summed E-state index contributed by atoms with van der Waals surface area (Å²) in [4.78, 5) is 18.0. The van der Waals surface area contributed by atoms with E-state index in [1.54, 1.807) is 6.07 Å². The van der Waals surface area contributed by atoms with Gasteiger partial charge in [-0.15, -0.1) is 0 Å². The van der Waals surface area contributed by atoms with Crippen LogP contribution in [-0.4, -0.2) is 43.7 Å². The van der Waals surface area contributed by atoms with Crippen LogP contribution >= 0.6 is 15.9 Å². The first-order chi connectivity index (χ1) is 9.15. The number of carbonyl (C=O) groups excluding carboxylic acids is 1. The number of halogens is 1. The number of carbonyl (C=O) groups is 1. The van der Waals surface area contributed by atoms with Crippen LogP contribution in [0.15, 0.2) is 16.7 Å². The third-order valence-corrected chi connectivity index (χ3v) is 3.90. The summed E-state index contributed by atoms with van der Waals surface area (Å²) in [7, 11) is 1.36. The zero-order valence-electron chi connectivity index (χ0n) is 11.1. The van der Waals surface area contributed by atoms with Gasteiger partial charge in [0, 0.05) is 25.7 Å². The van der Waals surface area contributed by atoms with Crippen molar-refractivity contribution in [1.29, 1.82) is 0 Å². The molecule has 0 saturated carbocycles. The summed E-state index contributed by atoms with van der Waals surface area (Å²) in [6.45, 7) is 5.03. The van der Waals surface area contributed by atoms with Crippen molar-refractivity contribution in [2.24, 2.45) is 0 Å². The van der Waals surface area contributed by atoms with Gasteiger partial charge in [0.15, 0.2) is 0 Å². The molecule has 0 amide bonds. The zero-order valence-corrected chi connectivity index (χ0v) is 12.7. The molecular weight excluding hydrogens is 310 g/mol. The molecule has 0 radical (unpaired) electrons. The molecule has 2 rings (SSSR count). The average molecular weight is 328 g/mol. The first-order valence-corrected chi connectivity index (χ1v) is 7.18. The summed E-state index contributed by atoms with van der Waals surface area (Å²) in [6, 6.07) is 4.12. The highest BCUT2D eigenvalue weighted by molar-refractivity contribution is 9.10. The molecule has 1 atom stereocenters. The van der Waals surface area contributed by atoms with Gasteiger partial charge in [-0.25, -0.2) is 9.78 Å². The smallest absolute Gasteiger partial charge is 0.356 e. The van der Waals surface area contributed by atoms with Crippen molar-refractivity contribution in [2.75, 3.05) is 31.6 Å². The van der Waals surface area contributed by atoms with Crippen molar-refractivity contribution in [2.45, 2.75) is 19.4 Å². The normalized spacial score (nSPS) is 19.3. The molecular formula is C13H18BrN3O2. The van der Waals surface area contributed by atoms with E-state index in [0.29, 0.717) is 16.3 Å². The molecule has 1 saturated heterocycles. The van der Waals surface area contributed by atoms with Crippen LogP contribution < -0.4 is 10.2 Å². The van der Waals surface area contributed by atoms with Gasteiger partial charge in [-0.2, -0.15) is 0 Å². The number of hydrogen-bond donors (Lipinski definition) is 1. The second-order valence-corrected chi connectivity index (χ2v) is 5.25. The molecule has 1 fully saturated rings. The standard InChI is InChI=1S/C13H18BrN3O2/c1-3-9-8-17(7-6-15-9)11-5-4-10(13(18)19-2)16-12(11)14/h4-5,9,15H,3,6-8H2,1-2H3. The Morgan fingerprint density at radius 3 is 3.05 bits per heavy atom. The molecule has 0 bridgehead atoms. The summed E-state index contributed by atoms with van der Waals surface area (Å²) >= 11 is 3.44. The number of methoxy groups -OCH3 is 1. The van der Waals surface area contributed by atoms with Gasteiger partial charge in [0.05, 0.1) is 12.8 Å². The van der Waals surface area contributed by atoms with E-state index >= 15 is 0 Å². The molecule has 1 N–H and O–H groups in total. The highest BCUT2D eigenvalue weighted by atomic mass is 79.9. The summed E-state index contributed by atoms with van der Waals surface area (Å²) in [6.07, 6.45) is 1.10. The number of aromatic nitrogens is 1. The van der Waals surface area contributed by atoms with Crippen molar-refractivity contribution in [3.8, 4) is 0 Å². The maximum absolute atomic E-state index is 11.4. The molecule has 1 aromatic rings. The van der Waals surface area contributed by atoms with Gasteiger partial charge in [-0.1, -0.05) is 6.92 Å². The number of nitrogens with zero attached hydrogens (tertiary/aromatic N) is 2. The van der Waals surface area contributed by atoms with Crippen LogP contribution in [0.1, 0.15) is 23.8 Å². The minimum absolute atomic E-state index is 0.320. The van der Waals surface area contributed by atoms with Crippen LogP contribution in [0.5, 0.6) is 0 Å². The van der Waals surface area contributed by atoms with E-state index in [0.717, 1.165) is 31.7 Å². The Balaban J connectivity index is 2.18. The number of pyridine rings is 1. The van der Waals surface area contributed by atoms with Gasteiger partial charge < -0.3 is 15.0 Å². The number of rotatable bonds is 3. The molecule has 0 spiro atoms. The lowest BCUT2D eigenvalue weighted by Gasteiger charge is -2.35. The van der Waals surface area contributed by atoms with Gasteiger partial charge in [0.1, 0.15) is 10.3 Å². The minimum Gasteiger partial charge on any atom is -0.464 e. The molecule has 6 heteroatoms. The number of nitrogens with one attached hydrogen (secondary N) is 1. The number of ether oxygens (including phenoxy) is 1. The molecule has 0 aromatic carbocycles. The van der Waals surface area contributed by atoms with Gasteiger partial charge in [-0.05, 0) is 34.5 Å². The topological polar surface area (TPSA) is 54.5 Å². The van der Waals surface area contributed by atoms with E-state index in [2.05, 4.69) is 42.8 Å². The number of anilines is 1. The molecule has 19 heavy (non-hydrogen) atoms. The van der Waals surface area contributed by atoms with E-state index in [1.165, 1.54) is 7.11 Å². The summed E-state index contributed by atoms with van der Waals surface area (Å²) in [5, 5.41) is 3.48. The van der Waals surface area contributed by atoms with Crippen LogP contribution in [0.4, 0.5) is 5.69 Å². The molecule has 1 unspecified atom stereocenters. The quantitative estimate of drug-likeness (QED) is 0.678.